The van der Waals surface area contributed by atoms with Gasteiger partial charge < -0.3 is 10.2 Å². The molecule has 1 heterocycles. The first-order valence-corrected chi connectivity index (χ1v) is 10.2. The fraction of sp³-hybridized carbons (Fsp3) is 0.895. The first kappa shape index (κ1) is 20.2. The third kappa shape index (κ3) is 8.19. The highest BCUT2D eigenvalue weighted by Gasteiger charge is 2.22. The van der Waals surface area contributed by atoms with Crippen LogP contribution < -0.4 is 10.7 Å². The van der Waals surface area contributed by atoms with Gasteiger partial charge in [-0.2, -0.15) is 0 Å². The molecule has 2 N–H and O–H groups in total. The van der Waals surface area contributed by atoms with E-state index in [0.29, 0.717) is 0 Å². The number of rotatable bonds is 2. The van der Waals surface area contributed by atoms with Gasteiger partial charge in [0, 0.05) is 32.2 Å². The number of hydrazine groups is 1. The van der Waals surface area contributed by atoms with E-state index >= 15 is 0 Å². The lowest BCUT2D eigenvalue weighted by molar-refractivity contribution is -0.143. The Hall–Kier alpha value is -1.14. The summed E-state index contributed by atoms with van der Waals surface area (Å²) in [5.74, 6) is -0.994. The lowest BCUT2D eigenvalue weighted by atomic mass is 9.98. The Labute approximate surface area is 152 Å². The third-order valence-electron chi connectivity index (χ3n) is 5.41. The molecule has 2 fully saturated rings. The molecule has 6 heteroatoms. The zero-order valence-corrected chi connectivity index (χ0v) is 15.9. The summed E-state index contributed by atoms with van der Waals surface area (Å²) in [5, 5.41) is 4.83. The predicted molar refractivity (Wildman–Crippen MR) is 99.9 cm³/mol. The highest BCUT2D eigenvalue weighted by Crippen LogP contribution is 2.16. The zero-order valence-electron chi connectivity index (χ0n) is 15.9. The summed E-state index contributed by atoms with van der Waals surface area (Å²) < 4.78 is 0. The van der Waals surface area contributed by atoms with E-state index < -0.39 is 11.8 Å². The van der Waals surface area contributed by atoms with E-state index in [-0.39, 0.29) is 6.04 Å². The highest BCUT2D eigenvalue weighted by molar-refractivity contribution is 6.35. The molecule has 1 aliphatic heterocycles. The van der Waals surface area contributed by atoms with Crippen LogP contribution in [-0.2, 0) is 9.59 Å². The molecule has 0 radical (unpaired) electrons. The van der Waals surface area contributed by atoms with Crippen molar-refractivity contribution in [2.45, 2.75) is 76.7 Å². The first-order valence-electron chi connectivity index (χ1n) is 10.2. The summed E-state index contributed by atoms with van der Waals surface area (Å²) >= 11 is 0. The molecule has 0 spiro atoms. The zero-order chi connectivity index (χ0) is 17.9. The Morgan fingerprint density at radius 3 is 1.72 bits per heavy atom. The van der Waals surface area contributed by atoms with Crippen molar-refractivity contribution in [2.75, 3.05) is 33.2 Å². The van der Waals surface area contributed by atoms with Crippen LogP contribution in [0.15, 0.2) is 0 Å². The third-order valence-corrected chi connectivity index (χ3v) is 5.41. The lowest BCUT2D eigenvalue weighted by Gasteiger charge is -2.32. The number of hydrogen-bond acceptors (Lipinski definition) is 4. The number of carbonyl (C=O) groups excluding carboxylic acids is 2. The molecule has 0 atom stereocenters. The minimum Gasteiger partial charge on any atom is -0.345 e. The van der Waals surface area contributed by atoms with Crippen molar-refractivity contribution >= 4 is 11.8 Å². The van der Waals surface area contributed by atoms with Crippen molar-refractivity contribution in [1.29, 1.82) is 0 Å². The van der Waals surface area contributed by atoms with Crippen LogP contribution in [0.1, 0.15) is 70.6 Å². The van der Waals surface area contributed by atoms with Crippen LogP contribution in [0.25, 0.3) is 0 Å². The molecule has 0 aromatic heterocycles. The van der Waals surface area contributed by atoms with Gasteiger partial charge in [0.25, 0.3) is 0 Å². The number of likely N-dealkylation sites (N-methyl/N-ethyl adjacent to an activating group) is 1. The number of hydrogen-bond donors (Lipinski definition) is 2. The molecule has 0 aromatic rings. The molecule has 0 aromatic carbocycles. The molecule has 2 amide bonds. The van der Waals surface area contributed by atoms with E-state index in [4.69, 9.17) is 0 Å². The molecule has 0 bridgehead atoms. The van der Waals surface area contributed by atoms with Crippen molar-refractivity contribution < 1.29 is 9.59 Å². The van der Waals surface area contributed by atoms with Gasteiger partial charge in [0.15, 0.2) is 0 Å². The number of nitrogens with zero attached hydrogens (tertiary/aromatic N) is 2. The largest absolute Gasteiger partial charge is 0.345 e. The molecule has 144 valence electrons. The number of nitrogens with one attached hydrogen (secondary N) is 2. The topological polar surface area (TPSA) is 64.7 Å². The molecule has 6 nitrogen and oxygen atoms in total. The highest BCUT2D eigenvalue weighted by atomic mass is 16.2. The summed E-state index contributed by atoms with van der Waals surface area (Å²) in [6, 6.07) is 0.144. The van der Waals surface area contributed by atoms with Crippen LogP contribution in [0.2, 0.25) is 0 Å². The SMILES string of the molecule is CN1CCN(NC(=O)C(=O)NC2CCCCCCCCCCC2)CC1. The molecular weight excluding hydrogens is 316 g/mol. The Morgan fingerprint density at radius 2 is 1.20 bits per heavy atom. The lowest BCUT2D eigenvalue weighted by Crippen LogP contribution is -2.56. The summed E-state index contributed by atoms with van der Waals surface area (Å²) in [5.41, 5.74) is 2.75. The second kappa shape index (κ2) is 11.5. The number of piperazine rings is 1. The van der Waals surface area contributed by atoms with Crippen molar-refractivity contribution in [2.24, 2.45) is 0 Å². The van der Waals surface area contributed by atoms with Gasteiger partial charge in [-0.05, 0) is 19.9 Å². The summed E-state index contributed by atoms with van der Waals surface area (Å²) in [6.07, 6.45) is 13.4. The maximum Gasteiger partial charge on any atom is 0.323 e. The van der Waals surface area contributed by atoms with Gasteiger partial charge in [0.05, 0.1) is 0 Å². The van der Waals surface area contributed by atoms with Gasteiger partial charge in [-0.25, -0.2) is 5.01 Å². The molecule has 25 heavy (non-hydrogen) atoms. The quantitative estimate of drug-likeness (QED) is 0.747. The fourth-order valence-electron chi connectivity index (χ4n) is 3.67. The normalized spacial score (nSPS) is 23.2. The number of carbonyl (C=O) groups is 2. The van der Waals surface area contributed by atoms with Crippen molar-refractivity contribution in [3.63, 3.8) is 0 Å². The van der Waals surface area contributed by atoms with Crippen LogP contribution >= 0.6 is 0 Å². The van der Waals surface area contributed by atoms with Crippen molar-refractivity contribution in [3.8, 4) is 0 Å². The summed E-state index contributed by atoms with van der Waals surface area (Å²) in [4.78, 5) is 26.6. The van der Waals surface area contributed by atoms with E-state index in [9.17, 15) is 9.59 Å². The first-order chi connectivity index (χ1) is 12.1. The van der Waals surface area contributed by atoms with E-state index in [1.165, 1.54) is 44.9 Å². The van der Waals surface area contributed by atoms with Gasteiger partial charge in [-0.3, -0.25) is 15.0 Å². The fourth-order valence-corrected chi connectivity index (χ4v) is 3.67. The van der Waals surface area contributed by atoms with Crippen LogP contribution in [0.4, 0.5) is 0 Å². The molecule has 1 saturated carbocycles. The van der Waals surface area contributed by atoms with Crippen molar-refractivity contribution in [3.05, 3.63) is 0 Å². The van der Waals surface area contributed by atoms with Gasteiger partial charge in [0.1, 0.15) is 0 Å². The Balaban J connectivity index is 1.74. The standard InChI is InChI=1S/C19H36N4O2/c1-22-13-15-23(16-14-22)21-19(25)18(24)20-17-11-9-7-5-3-2-4-6-8-10-12-17/h17H,2-16H2,1H3,(H,20,24)(H,21,25). The molecule has 1 saturated heterocycles. The van der Waals surface area contributed by atoms with Crippen LogP contribution in [0, 0.1) is 0 Å². The Bertz CT molecular complexity index is 396. The van der Waals surface area contributed by atoms with E-state index in [0.717, 1.165) is 51.9 Å². The van der Waals surface area contributed by atoms with Gasteiger partial charge in [-0.15, -0.1) is 0 Å². The average molecular weight is 353 g/mol. The smallest absolute Gasteiger partial charge is 0.323 e. The van der Waals surface area contributed by atoms with Crippen LogP contribution in [-0.4, -0.2) is 61.0 Å². The van der Waals surface area contributed by atoms with E-state index in [1.807, 2.05) is 5.01 Å². The number of amides is 2. The van der Waals surface area contributed by atoms with Gasteiger partial charge in [-0.1, -0.05) is 57.8 Å². The van der Waals surface area contributed by atoms with Crippen molar-refractivity contribution in [1.82, 2.24) is 20.7 Å². The Kier molecular flexibility index (Phi) is 9.26. The second-order valence-electron chi connectivity index (χ2n) is 7.66. The second-order valence-corrected chi connectivity index (χ2v) is 7.66. The van der Waals surface area contributed by atoms with E-state index in [2.05, 4.69) is 22.7 Å². The van der Waals surface area contributed by atoms with Crippen LogP contribution in [0.3, 0.4) is 0 Å². The van der Waals surface area contributed by atoms with Gasteiger partial charge >= 0.3 is 11.8 Å². The maximum absolute atomic E-state index is 12.3. The molecule has 2 rings (SSSR count). The Morgan fingerprint density at radius 1 is 0.720 bits per heavy atom. The van der Waals surface area contributed by atoms with Gasteiger partial charge in [0.2, 0.25) is 0 Å². The monoisotopic (exact) mass is 352 g/mol. The average Bonchev–Trinajstić information content (AvgIpc) is 2.59. The molecule has 2 aliphatic rings. The maximum atomic E-state index is 12.3. The molecule has 1 aliphatic carbocycles. The predicted octanol–water partition coefficient (Wildman–Crippen LogP) is 2.05. The molecular formula is C19H36N4O2. The minimum absolute atomic E-state index is 0.144. The summed E-state index contributed by atoms with van der Waals surface area (Å²) in [6.45, 7) is 3.34. The van der Waals surface area contributed by atoms with Crippen LogP contribution in [0.5, 0.6) is 0 Å². The van der Waals surface area contributed by atoms with E-state index in [1.54, 1.807) is 0 Å². The minimum atomic E-state index is -0.518. The molecule has 0 unspecified atom stereocenters. The summed E-state index contributed by atoms with van der Waals surface area (Å²) in [7, 11) is 2.06.